The van der Waals surface area contributed by atoms with Crippen molar-refractivity contribution in [2.24, 2.45) is 23.7 Å². The highest BCUT2D eigenvalue weighted by molar-refractivity contribution is 6.23. The van der Waals surface area contributed by atoms with Crippen LogP contribution in [0.1, 0.15) is 76.4 Å². The molecule has 0 spiro atoms. The largest absolute Gasteiger partial charge is 0.507 e. The fraction of sp³-hybridized carbons (Fsp3) is 0.490. The van der Waals surface area contributed by atoms with E-state index in [1.165, 1.54) is 46.3 Å². The molecular formula is C49H63N3O12. The minimum atomic E-state index is -2.04. The van der Waals surface area contributed by atoms with E-state index in [2.05, 4.69) is 22.3 Å². The standard InChI is InChI=1S/C49H63N3O12/c1-26-15-13-16-27(2)48(60)50-38-39(52-21-14-20-51(22-23-52)25-33-17-11-10-12-18-33)44(58)35-36(43(38)57)42(56)31(6)46-37(35)47(59)49(8,64-46)62-24-19-34(61-9)28(3)45(63-32(7)53)30(5)41(55)29(4)40(26)54/h10-13,15-19,24,26,28-30,34,40-41,45,54-58H,14,20-23,25H2,1-9H3,(H,50,60)/b15-13+,24-19+,27-16-/t26-,28-,29-,30-,34+,40+,41+,45-,49+/m1/s1. The van der Waals surface area contributed by atoms with Crippen LogP contribution < -0.4 is 15.0 Å². The van der Waals surface area contributed by atoms with Crippen molar-refractivity contribution in [3.05, 3.63) is 83.2 Å². The number of anilines is 2. The van der Waals surface area contributed by atoms with Crippen LogP contribution in [-0.4, -0.2) is 112 Å². The first-order valence-corrected chi connectivity index (χ1v) is 21.9. The van der Waals surface area contributed by atoms with Gasteiger partial charge in [-0.2, -0.15) is 0 Å². The van der Waals surface area contributed by atoms with Gasteiger partial charge in [-0.1, -0.05) is 76.3 Å². The number of aromatic hydroxyl groups is 3. The highest BCUT2D eigenvalue weighted by Gasteiger charge is 2.50. The molecule has 4 aliphatic heterocycles. The molecule has 0 radical (unpaired) electrons. The molecule has 9 atom stereocenters. The summed E-state index contributed by atoms with van der Waals surface area (Å²) in [5, 5.41) is 61.9. The smallest absolute Gasteiger partial charge is 0.312 e. The summed E-state index contributed by atoms with van der Waals surface area (Å²) in [4.78, 5) is 45.2. The SMILES string of the molecule is CO[C@H]1/C=C/O[C@@]2(C)Oc3c(C)c(O)c4c(O)c(c(N5CCCN(Cc6ccccc6)CC5)c(O)c4c3C2=O)NC(=O)/C(C)=C\C=C\[C@@H](C)[C@H](O)[C@@H](C)[C@H](O)[C@@H](C)[C@H](OC(C)=O)[C@@H]1C. The lowest BCUT2D eigenvalue weighted by Crippen LogP contribution is -2.46. The maximum atomic E-state index is 14.7. The second-order valence-electron chi connectivity index (χ2n) is 17.7. The zero-order valence-electron chi connectivity index (χ0n) is 38.1. The van der Waals surface area contributed by atoms with Crippen molar-refractivity contribution in [1.82, 2.24) is 4.90 Å². The van der Waals surface area contributed by atoms with Crippen LogP contribution in [0, 0.1) is 30.6 Å². The van der Waals surface area contributed by atoms with Crippen LogP contribution in [0.3, 0.4) is 0 Å². The number of hydrogen-bond acceptors (Lipinski definition) is 14. The topological polar surface area (TPSA) is 208 Å². The molecule has 64 heavy (non-hydrogen) atoms. The van der Waals surface area contributed by atoms with E-state index in [0.717, 1.165) is 12.1 Å². The van der Waals surface area contributed by atoms with Gasteiger partial charge in [-0.05, 0) is 31.9 Å². The molecule has 15 nitrogen and oxygen atoms in total. The number of carbonyl (C=O) groups excluding carboxylic acids is 3. The number of esters is 1. The molecule has 4 heterocycles. The summed E-state index contributed by atoms with van der Waals surface area (Å²) in [5.74, 6) is -8.01. The molecular weight excluding hydrogens is 823 g/mol. The highest BCUT2D eigenvalue weighted by atomic mass is 16.7. The summed E-state index contributed by atoms with van der Waals surface area (Å²) >= 11 is 0. The van der Waals surface area contributed by atoms with Gasteiger partial charge in [-0.3, -0.25) is 19.3 Å². The summed E-state index contributed by atoms with van der Waals surface area (Å²) in [7, 11) is 1.45. The van der Waals surface area contributed by atoms with Crippen molar-refractivity contribution < 1.29 is 58.9 Å². The lowest BCUT2D eigenvalue weighted by atomic mass is 9.78. The first-order valence-electron chi connectivity index (χ1n) is 21.9. The number of nitrogens with one attached hydrogen (secondary N) is 1. The summed E-state index contributed by atoms with van der Waals surface area (Å²) in [6.45, 7) is 15.4. The van der Waals surface area contributed by atoms with Crippen LogP contribution in [0.4, 0.5) is 11.4 Å². The minimum absolute atomic E-state index is 0.0585. The van der Waals surface area contributed by atoms with E-state index in [0.29, 0.717) is 32.6 Å². The molecule has 6 N–H and O–H groups in total. The van der Waals surface area contributed by atoms with Crippen molar-refractivity contribution in [3.63, 3.8) is 0 Å². The number of hydrogen-bond donors (Lipinski definition) is 6. The number of nitrogens with zero attached hydrogens (tertiary/aromatic N) is 2. The van der Waals surface area contributed by atoms with Crippen molar-refractivity contribution >= 4 is 39.8 Å². The van der Waals surface area contributed by atoms with Gasteiger partial charge in [0.05, 0.1) is 35.5 Å². The van der Waals surface area contributed by atoms with Gasteiger partial charge in [0.15, 0.2) is 5.75 Å². The first kappa shape index (κ1) is 47.9. The predicted molar refractivity (Wildman–Crippen MR) is 242 cm³/mol. The first-order chi connectivity index (χ1) is 30.3. The number of phenols is 3. The molecule has 1 saturated heterocycles. The average Bonchev–Trinajstić information content (AvgIpc) is 3.37. The van der Waals surface area contributed by atoms with Gasteiger partial charge in [0, 0.05) is 93.9 Å². The molecule has 1 amide bonds. The van der Waals surface area contributed by atoms with Gasteiger partial charge in [-0.15, -0.1) is 0 Å². The van der Waals surface area contributed by atoms with E-state index in [9.17, 15) is 39.9 Å². The van der Waals surface area contributed by atoms with Crippen LogP contribution in [0.15, 0.2) is 66.5 Å². The lowest BCUT2D eigenvalue weighted by molar-refractivity contribution is -0.160. The Bertz CT molecular complexity index is 2330. The molecule has 7 rings (SSSR count). The number of benzene rings is 3. The van der Waals surface area contributed by atoms with Crippen LogP contribution in [0.25, 0.3) is 10.8 Å². The third kappa shape index (κ3) is 9.44. The van der Waals surface area contributed by atoms with Crippen molar-refractivity contribution in [2.75, 3.05) is 43.5 Å². The van der Waals surface area contributed by atoms with E-state index in [1.807, 2.05) is 23.1 Å². The highest BCUT2D eigenvalue weighted by Crippen LogP contribution is 2.57. The quantitative estimate of drug-likeness (QED) is 0.0924. The summed E-state index contributed by atoms with van der Waals surface area (Å²) in [6.07, 6.45) is 4.37. The molecule has 0 saturated carbocycles. The van der Waals surface area contributed by atoms with Crippen LogP contribution >= 0.6 is 0 Å². The predicted octanol–water partition coefficient (Wildman–Crippen LogP) is 6.47. The number of ketones is 1. The minimum Gasteiger partial charge on any atom is -0.507 e. The Labute approximate surface area is 374 Å². The number of carbonyl (C=O) groups is 3. The summed E-state index contributed by atoms with van der Waals surface area (Å²) in [5.41, 5.74) is 1.18. The van der Waals surface area contributed by atoms with Gasteiger partial charge in [0.2, 0.25) is 0 Å². The maximum absolute atomic E-state index is 14.7. The molecule has 3 aromatic rings. The number of amides is 1. The molecule has 0 aromatic heterocycles. The van der Waals surface area contributed by atoms with E-state index in [1.54, 1.807) is 46.8 Å². The third-order valence-electron chi connectivity index (χ3n) is 13.1. The Morgan fingerprint density at radius 1 is 0.891 bits per heavy atom. The van der Waals surface area contributed by atoms with Gasteiger partial charge in [0.25, 0.3) is 11.7 Å². The number of aliphatic hydroxyl groups excluding tert-OH is 2. The van der Waals surface area contributed by atoms with Crippen molar-refractivity contribution in [3.8, 4) is 23.0 Å². The second-order valence-corrected chi connectivity index (χ2v) is 17.7. The Morgan fingerprint density at radius 3 is 2.27 bits per heavy atom. The fourth-order valence-corrected chi connectivity index (χ4v) is 9.21. The van der Waals surface area contributed by atoms with E-state index < -0.39 is 88.8 Å². The second kappa shape index (κ2) is 19.6. The molecule has 5 bridgehead atoms. The van der Waals surface area contributed by atoms with Gasteiger partial charge >= 0.3 is 11.8 Å². The Kier molecular flexibility index (Phi) is 14.7. The normalized spacial score (nSPS) is 30.5. The van der Waals surface area contributed by atoms with Crippen LogP contribution in [0.2, 0.25) is 0 Å². The number of allylic oxidation sites excluding steroid dienone is 2. The van der Waals surface area contributed by atoms with E-state index in [-0.39, 0.29) is 44.6 Å². The van der Waals surface area contributed by atoms with Crippen molar-refractivity contribution in [2.45, 2.75) is 98.6 Å². The number of Topliss-reactive ketones (excluding diaryl/α,β-unsaturated/α-hetero) is 1. The summed E-state index contributed by atoms with van der Waals surface area (Å²) in [6, 6.07) is 10.0. The average molecular weight is 886 g/mol. The monoisotopic (exact) mass is 885 g/mol. The fourth-order valence-electron chi connectivity index (χ4n) is 9.21. The molecule has 3 aromatic carbocycles. The molecule has 346 valence electrons. The zero-order chi connectivity index (χ0) is 46.8. The number of aliphatic hydroxyl groups is 2. The molecule has 0 aliphatic carbocycles. The van der Waals surface area contributed by atoms with Crippen LogP contribution in [-0.2, 0) is 30.3 Å². The van der Waals surface area contributed by atoms with E-state index in [4.69, 9.17) is 18.9 Å². The van der Waals surface area contributed by atoms with Gasteiger partial charge in [-0.25, -0.2) is 0 Å². The Hall–Kier alpha value is -5.61. The zero-order valence-corrected chi connectivity index (χ0v) is 38.1. The summed E-state index contributed by atoms with van der Waals surface area (Å²) < 4.78 is 23.8. The van der Waals surface area contributed by atoms with Gasteiger partial charge < -0.3 is 54.7 Å². The third-order valence-corrected chi connectivity index (χ3v) is 13.1. The number of rotatable bonds is 5. The Morgan fingerprint density at radius 2 is 1.59 bits per heavy atom. The molecule has 4 aliphatic rings. The molecule has 15 heteroatoms. The Balaban J connectivity index is 1.50. The maximum Gasteiger partial charge on any atom is 0.312 e. The molecule has 1 fully saturated rings. The van der Waals surface area contributed by atoms with Crippen molar-refractivity contribution in [1.29, 1.82) is 0 Å². The van der Waals surface area contributed by atoms with Crippen LogP contribution in [0.5, 0.6) is 23.0 Å². The number of methoxy groups -OCH3 is 1. The van der Waals surface area contributed by atoms with Gasteiger partial charge in [0.1, 0.15) is 34.7 Å². The van der Waals surface area contributed by atoms with E-state index >= 15 is 0 Å². The molecule has 0 unspecified atom stereocenters. The number of ether oxygens (including phenoxy) is 4. The lowest BCUT2D eigenvalue weighted by Gasteiger charge is -2.38. The number of phenolic OH excluding ortho intramolecular Hbond substituents is 3. The number of fused-ring (bicyclic) bond motifs is 14.